The van der Waals surface area contributed by atoms with Crippen LogP contribution < -0.4 is 5.73 Å². The van der Waals surface area contributed by atoms with Gasteiger partial charge in [-0.2, -0.15) is 0 Å². The van der Waals surface area contributed by atoms with Crippen molar-refractivity contribution in [3.8, 4) is 0 Å². The monoisotopic (exact) mass is 159 g/mol. The highest BCUT2D eigenvalue weighted by Gasteiger charge is 2.32. The molecule has 0 aromatic rings. The van der Waals surface area contributed by atoms with Crippen LogP contribution in [0, 0.1) is 0 Å². The van der Waals surface area contributed by atoms with Gasteiger partial charge in [-0.15, -0.1) is 0 Å². The van der Waals surface area contributed by atoms with Crippen LogP contribution >= 0.6 is 0 Å². The Morgan fingerprint density at radius 1 is 1.82 bits per heavy atom. The average Bonchev–Trinajstić information content (AvgIpc) is 2.01. The van der Waals surface area contributed by atoms with Gasteiger partial charge < -0.3 is 20.3 Å². The quantitative estimate of drug-likeness (QED) is 0.493. The van der Waals surface area contributed by atoms with E-state index < -0.39 is 18.4 Å². The van der Waals surface area contributed by atoms with Gasteiger partial charge in [0.1, 0.15) is 6.10 Å². The molecule has 3 unspecified atom stereocenters. The predicted molar refractivity (Wildman–Crippen MR) is 39.9 cm³/mol. The molecule has 0 saturated carbocycles. The van der Waals surface area contributed by atoms with Gasteiger partial charge in [-0.05, 0) is 5.57 Å². The molecule has 4 heteroatoms. The fraction of sp³-hybridized carbons (Fsp3) is 0.714. The highest BCUT2D eigenvalue weighted by Crippen LogP contribution is 2.16. The number of ether oxygens (including phenoxy) is 2. The Bertz CT molecular complexity index is 160. The molecule has 0 aliphatic carbocycles. The van der Waals surface area contributed by atoms with Crippen molar-refractivity contribution >= 4 is 0 Å². The van der Waals surface area contributed by atoms with E-state index in [-0.39, 0.29) is 0 Å². The molecular formula is C7H13NO3. The van der Waals surface area contributed by atoms with Gasteiger partial charge in [-0.3, -0.25) is 0 Å². The zero-order valence-corrected chi connectivity index (χ0v) is 6.49. The van der Waals surface area contributed by atoms with Crippen molar-refractivity contribution in [1.82, 2.24) is 0 Å². The van der Waals surface area contributed by atoms with E-state index in [1.54, 1.807) is 0 Å². The van der Waals surface area contributed by atoms with Gasteiger partial charge in [-0.1, -0.05) is 6.58 Å². The van der Waals surface area contributed by atoms with Crippen molar-refractivity contribution in [2.24, 2.45) is 5.73 Å². The Kier molecular flexibility index (Phi) is 2.62. The summed E-state index contributed by atoms with van der Waals surface area (Å²) in [4.78, 5) is 0. The van der Waals surface area contributed by atoms with E-state index in [1.165, 1.54) is 7.11 Å². The van der Waals surface area contributed by atoms with Crippen LogP contribution in [0.4, 0.5) is 0 Å². The molecule has 11 heavy (non-hydrogen) atoms. The van der Waals surface area contributed by atoms with E-state index in [9.17, 15) is 5.11 Å². The number of hydrogen-bond acceptors (Lipinski definition) is 4. The van der Waals surface area contributed by atoms with Gasteiger partial charge in [0, 0.05) is 7.11 Å². The highest BCUT2D eigenvalue weighted by molar-refractivity contribution is 5.10. The summed E-state index contributed by atoms with van der Waals surface area (Å²) in [6, 6.07) is -0.436. The Hall–Kier alpha value is -0.420. The van der Waals surface area contributed by atoms with E-state index in [2.05, 4.69) is 6.58 Å². The summed E-state index contributed by atoms with van der Waals surface area (Å²) >= 11 is 0. The van der Waals surface area contributed by atoms with Crippen LogP contribution in [-0.4, -0.2) is 37.3 Å². The van der Waals surface area contributed by atoms with E-state index in [0.717, 1.165) is 0 Å². The van der Waals surface area contributed by atoms with Gasteiger partial charge in [0.05, 0.1) is 12.6 Å². The topological polar surface area (TPSA) is 64.7 Å². The summed E-state index contributed by atoms with van der Waals surface area (Å²) < 4.78 is 9.90. The summed E-state index contributed by atoms with van der Waals surface area (Å²) in [7, 11) is 1.47. The van der Waals surface area contributed by atoms with Crippen LogP contribution in [0.5, 0.6) is 0 Å². The maximum atomic E-state index is 9.37. The molecule has 1 fully saturated rings. The lowest BCUT2D eigenvalue weighted by atomic mass is 10.0. The molecule has 64 valence electrons. The average molecular weight is 159 g/mol. The molecule has 1 rings (SSSR count). The second-order valence-electron chi connectivity index (χ2n) is 2.59. The fourth-order valence-electron chi connectivity index (χ4n) is 1.00. The van der Waals surface area contributed by atoms with E-state index in [0.29, 0.717) is 12.2 Å². The third kappa shape index (κ3) is 1.59. The smallest absolute Gasteiger partial charge is 0.185 e. The van der Waals surface area contributed by atoms with Gasteiger partial charge in [0.15, 0.2) is 6.29 Å². The highest BCUT2D eigenvalue weighted by atomic mass is 16.7. The number of methoxy groups -OCH3 is 1. The molecule has 0 spiro atoms. The Balaban J connectivity index is 2.59. The summed E-state index contributed by atoms with van der Waals surface area (Å²) in [5.74, 6) is 0. The first-order valence-corrected chi connectivity index (χ1v) is 3.42. The van der Waals surface area contributed by atoms with E-state index in [1.807, 2.05) is 0 Å². The Morgan fingerprint density at radius 3 is 3.00 bits per heavy atom. The van der Waals surface area contributed by atoms with Crippen LogP contribution in [0.2, 0.25) is 0 Å². The minimum Gasteiger partial charge on any atom is -0.386 e. The first-order valence-electron chi connectivity index (χ1n) is 3.42. The molecule has 3 atom stereocenters. The molecule has 0 aromatic carbocycles. The standard InChI is InChI=1S/C7H13NO3/c1-4-3-11-7(10-2)6(9)5(4)8/h5-7,9H,1,3,8H2,2H3. The largest absolute Gasteiger partial charge is 0.386 e. The zero-order chi connectivity index (χ0) is 8.43. The third-order valence-corrected chi connectivity index (χ3v) is 1.78. The van der Waals surface area contributed by atoms with Crippen molar-refractivity contribution in [3.05, 3.63) is 12.2 Å². The molecule has 0 bridgehead atoms. The second kappa shape index (κ2) is 3.32. The first kappa shape index (κ1) is 8.67. The lowest BCUT2D eigenvalue weighted by Crippen LogP contribution is -2.51. The fourth-order valence-corrected chi connectivity index (χ4v) is 1.00. The molecule has 1 aliphatic rings. The molecule has 3 N–H and O–H groups in total. The number of rotatable bonds is 1. The van der Waals surface area contributed by atoms with Gasteiger partial charge >= 0.3 is 0 Å². The lowest BCUT2D eigenvalue weighted by Gasteiger charge is -2.32. The molecule has 1 aliphatic heterocycles. The van der Waals surface area contributed by atoms with E-state index in [4.69, 9.17) is 15.2 Å². The van der Waals surface area contributed by atoms with Gasteiger partial charge in [-0.25, -0.2) is 0 Å². The van der Waals surface area contributed by atoms with Crippen LogP contribution in [0.25, 0.3) is 0 Å². The molecule has 1 heterocycles. The molecule has 1 saturated heterocycles. The number of aliphatic hydroxyl groups is 1. The maximum Gasteiger partial charge on any atom is 0.185 e. The van der Waals surface area contributed by atoms with Crippen LogP contribution in [0.1, 0.15) is 0 Å². The SMILES string of the molecule is C=C1COC(OC)C(O)C1N. The van der Waals surface area contributed by atoms with Crippen LogP contribution in [0.15, 0.2) is 12.2 Å². The summed E-state index contributed by atoms with van der Waals surface area (Å²) in [5.41, 5.74) is 6.28. The summed E-state index contributed by atoms with van der Waals surface area (Å²) in [5, 5.41) is 9.37. The van der Waals surface area contributed by atoms with Crippen molar-refractivity contribution in [2.75, 3.05) is 13.7 Å². The van der Waals surface area contributed by atoms with E-state index >= 15 is 0 Å². The molecule has 4 nitrogen and oxygen atoms in total. The minimum absolute atomic E-state index is 0.358. The molecule has 0 aromatic heterocycles. The second-order valence-corrected chi connectivity index (χ2v) is 2.59. The van der Waals surface area contributed by atoms with Crippen LogP contribution in [-0.2, 0) is 9.47 Å². The summed E-state index contributed by atoms with van der Waals surface area (Å²) in [6.07, 6.45) is -1.42. The molecule has 0 radical (unpaired) electrons. The van der Waals surface area contributed by atoms with Crippen LogP contribution in [0.3, 0.4) is 0 Å². The predicted octanol–water partition coefficient (Wildman–Crippen LogP) is -0.766. The number of hydrogen-bond donors (Lipinski definition) is 2. The van der Waals surface area contributed by atoms with Crippen molar-refractivity contribution in [1.29, 1.82) is 0 Å². The van der Waals surface area contributed by atoms with Gasteiger partial charge in [0.2, 0.25) is 0 Å². The number of aliphatic hydroxyl groups excluding tert-OH is 1. The zero-order valence-electron chi connectivity index (χ0n) is 6.49. The van der Waals surface area contributed by atoms with Crippen molar-refractivity contribution in [3.63, 3.8) is 0 Å². The number of nitrogens with two attached hydrogens (primary N) is 1. The first-order chi connectivity index (χ1) is 5.16. The van der Waals surface area contributed by atoms with Crippen molar-refractivity contribution < 1.29 is 14.6 Å². The van der Waals surface area contributed by atoms with Crippen molar-refractivity contribution in [2.45, 2.75) is 18.4 Å². The molecular weight excluding hydrogens is 146 g/mol. The minimum atomic E-state index is -0.804. The third-order valence-electron chi connectivity index (χ3n) is 1.78. The Labute approximate surface area is 65.6 Å². The maximum absolute atomic E-state index is 9.37. The lowest BCUT2D eigenvalue weighted by molar-refractivity contribution is -0.192. The normalized spacial score (nSPS) is 39.2. The van der Waals surface area contributed by atoms with Gasteiger partial charge in [0.25, 0.3) is 0 Å². The molecule has 0 amide bonds. The Morgan fingerprint density at radius 2 is 2.45 bits per heavy atom. The summed E-state index contributed by atoms with van der Waals surface area (Å²) in [6.45, 7) is 4.01.